The summed E-state index contributed by atoms with van der Waals surface area (Å²) >= 11 is 0. The van der Waals surface area contributed by atoms with E-state index in [-0.39, 0.29) is 5.41 Å². The van der Waals surface area contributed by atoms with Gasteiger partial charge in [-0.3, -0.25) is 0 Å². The molecule has 0 aliphatic carbocycles. The Balaban J connectivity index is 2.17. The van der Waals surface area contributed by atoms with Crippen LogP contribution in [0.2, 0.25) is 0 Å². The molecule has 1 atom stereocenters. The van der Waals surface area contributed by atoms with Crippen molar-refractivity contribution < 1.29 is 4.52 Å². The first-order valence-electron chi connectivity index (χ1n) is 5.12. The van der Waals surface area contributed by atoms with E-state index in [4.69, 9.17) is 4.52 Å². The van der Waals surface area contributed by atoms with Crippen LogP contribution in [0.15, 0.2) is 4.52 Å². The van der Waals surface area contributed by atoms with Crippen molar-refractivity contribution in [1.82, 2.24) is 15.5 Å². The van der Waals surface area contributed by atoms with Crippen molar-refractivity contribution in [3.63, 3.8) is 0 Å². The molecule has 0 saturated carbocycles. The number of nitrogens with zero attached hydrogens (tertiary/aromatic N) is 2. The summed E-state index contributed by atoms with van der Waals surface area (Å²) in [6.45, 7) is 8.29. The summed E-state index contributed by atoms with van der Waals surface area (Å²) in [5.41, 5.74) is -0.0201. The van der Waals surface area contributed by atoms with Gasteiger partial charge in [-0.1, -0.05) is 25.9 Å². The van der Waals surface area contributed by atoms with Gasteiger partial charge in [0.2, 0.25) is 5.89 Å². The van der Waals surface area contributed by atoms with Crippen LogP contribution in [-0.4, -0.2) is 23.2 Å². The molecular weight excluding hydrogens is 178 g/mol. The van der Waals surface area contributed by atoms with Gasteiger partial charge in [-0.05, 0) is 13.0 Å². The zero-order valence-electron chi connectivity index (χ0n) is 9.00. The first-order chi connectivity index (χ1) is 6.57. The number of hydrogen-bond donors (Lipinski definition) is 1. The molecule has 1 unspecified atom stereocenters. The van der Waals surface area contributed by atoms with Crippen LogP contribution in [-0.2, 0) is 5.41 Å². The van der Waals surface area contributed by atoms with Crippen LogP contribution in [0, 0.1) is 0 Å². The molecule has 1 aromatic rings. The van der Waals surface area contributed by atoms with E-state index < -0.39 is 0 Å². The lowest BCUT2D eigenvalue weighted by atomic mass is 9.96. The highest BCUT2D eigenvalue weighted by molar-refractivity contribution is 5.04. The average molecular weight is 195 g/mol. The Labute approximate surface area is 84.1 Å². The van der Waals surface area contributed by atoms with Crippen LogP contribution in [0.25, 0.3) is 0 Å². The summed E-state index contributed by atoms with van der Waals surface area (Å²) in [6.07, 6.45) is 1.10. The third-order valence-electron chi connectivity index (χ3n) is 2.52. The third kappa shape index (κ3) is 1.80. The van der Waals surface area contributed by atoms with Crippen molar-refractivity contribution >= 4 is 0 Å². The molecule has 0 spiro atoms. The van der Waals surface area contributed by atoms with Crippen LogP contribution in [0.3, 0.4) is 0 Å². The Morgan fingerprint density at radius 3 is 2.71 bits per heavy atom. The van der Waals surface area contributed by atoms with Gasteiger partial charge in [-0.25, -0.2) is 0 Å². The van der Waals surface area contributed by atoms with Gasteiger partial charge in [0.1, 0.15) is 0 Å². The standard InChI is InChI=1S/C10H17N3O/c1-10(2,3)9-12-8(14-13-9)7-4-5-11-6-7/h7,11H,4-6H2,1-3H3. The van der Waals surface area contributed by atoms with E-state index in [9.17, 15) is 0 Å². The Bertz CT molecular complexity index is 307. The Morgan fingerprint density at radius 2 is 2.21 bits per heavy atom. The van der Waals surface area contributed by atoms with E-state index in [1.165, 1.54) is 0 Å². The summed E-state index contributed by atoms with van der Waals surface area (Å²) in [5, 5.41) is 7.31. The van der Waals surface area contributed by atoms with Crippen molar-refractivity contribution in [3.05, 3.63) is 11.7 Å². The largest absolute Gasteiger partial charge is 0.339 e. The maximum absolute atomic E-state index is 5.27. The van der Waals surface area contributed by atoms with E-state index in [1.807, 2.05) is 0 Å². The summed E-state index contributed by atoms with van der Waals surface area (Å²) in [7, 11) is 0. The second kappa shape index (κ2) is 3.35. The molecule has 0 bridgehead atoms. The minimum atomic E-state index is -0.0201. The summed E-state index contributed by atoms with van der Waals surface area (Å²) < 4.78 is 5.27. The minimum absolute atomic E-state index is 0.0201. The number of rotatable bonds is 1. The normalized spacial score (nSPS) is 22.9. The number of aromatic nitrogens is 2. The van der Waals surface area contributed by atoms with Gasteiger partial charge < -0.3 is 9.84 Å². The molecule has 14 heavy (non-hydrogen) atoms. The fourth-order valence-electron chi connectivity index (χ4n) is 1.57. The van der Waals surface area contributed by atoms with E-state index in [1.54, 1.807) is 0 Å². The number of hydrogen-bond acceptors (Lipinski definition) is 4. The predicted octanol–water partition coefficient (Wildman–Crippen LogP) is 1.44. The number of nitrogens with one attached hydrogen (secondary N) is 1. The van der Waals surface area contributed by atoms with Crippen molar-refractivity contribution in [3.8, 4) is 0 Å². The highest BCUT2D eigenvalue weighted by atomic mass is 16.5. The zero-order valence-corrected chi connectivity index (χ0v) is 9.00. The van der Waals surface area contributed by atoms with Crippen LogP contribution >= 0.6 is 0 Å². The molecule has 1 aliphatic heterocycles. The highest BCUT2D eigenvalue weighted by Gasteiger charge is 2.26. The average Bonchev–Trinajstić information content (AvgIpc) is 2.73. The second-order valence-electron chi connectivity index (χ2n) is 4.90. The first kappa shape index (κ1) is 9.65. The maximum atomic E-state index is 5.27. The van der Waals surface area contributed by atoms with Crippen LogP contribution < -0.4 is 5.32 Å². The van der Waals surface area contributed by atoms with Gasteiger partial charge in [0.15, 0.2) is 5.82 Å². The molecule has 2 rings (SSSR count). The van der Waals surface area contributed by atoms with Gasteiger partial charge in [0.05, 0.1) is 5.92 Å². The van der Waals surface area contributed by atoms with Crippen LogP contribution in [0.5, 0.6) is 0 Å². The first-order valence-corrected chi connectivity index (χ1v) is 5.12. The lowest BCUT2D eigenvalue weighted by molar-refractivity contribution is 0.347. The molecule has 2 heterocycles. The molecule has 78 valence electrons. The summed E-state index contributed by atoms with van der Waals surface area (Å²) in [5.74, 6) is 2.01. The zero-order chi connectivity index (χ0) is 10.2. The quantitative estimate of drug-likeness (QED) is 0.736. The van der Waals surface area contributed by atoms with E-state index in [0.717, 1.165) is 31.2 Å². The van der Waals surface area contributed by atoms with E-state index in [2.05, 4.69) is 36.2 Å². The predicted molar refractivity (Wildman–Crippen MR) is 53.2 cm³/mol. The molecule has 1 fully saturated rings. The van der Waals surface area contributed by atoms with Crippen molar-refractivity contribution in [2.24, 2.45) is 0 Å². The molecule has 0 aromatic carbocycles. The Morgan fingerprint density at radius 1 is 1.43 bits per heavy atom. The fourth-order valence-corrected chi connectivity index (χ4v) is 1.57. The summed E-state index contributed by atoms with van der Waals surface area (Å²) in [4.78, 5) is 4.45. The van der Waals surface area contributed by atoms with Crippen molar-refractivity contribution in [2.45, 2.75) is 38.5 Å². The smallest absolute Gasteiger partial charge is 0.231 e. The molecule has 1 aromatic heterocycles. The monoisotopic (exact) mass is 195 g/mol. The molecule has 1 aliphatic rings. The second-order valence-corrected chi connectivity index (χ2v) is 4.90. The minimum Gasteiger partial charge on any atom is -0.339 e. The lowest BCUT2D eigenvalue weighted by Crippen LogP contribution is -2.14. The van der Waals surface area contributed by atoms with Gasteiger partial charge in [-0.15, -0.1) is 0 Å². The Kier molecular flexibility index (Phi) is 2.31. The van der Waals surface area contributed by atoms with E-state index >= 15 is 0 Å². The maximum Gasteiger partial charge on any atom is 0.231 e. The lowest BCUT2D eigenvalue weighted by Gasteiger charge is -2.11. The molecule has 0 amide bonds. The van der Waals surface area contributed by atoms with Crippen molar-refractivity contribution in [2.75, 3.05) is 13.1 Å². The fraction of sp³-hybridized carbons (Fsp3) is 0.800. The van der Waals surface area contributed by atoms with Gasteiger partial charge in [-0.2, -0.15) is 4.98 Å². The van der Waals surface area contributed by atoms with Crippen LogP contribution in [0.4, 0.5) is 0 Å². The molecule has 0 radical (unpaired) electrons. The van der Waals surface area contributed by atoms with Gasteiger partial charge >= 0.3 is 0 Å². The topological polar surface area (TPSA) is 51.0 Å². The third-order valence-corrected chi connectivity index (χ3v) is 2.52. The van der Waals surface area contributed by atoms with Crippen molar-refractivity contribution in [1.29, 1.82) is 0 Å². The molecular formula is C10H17N3O. The molecule has 1 saturated heterocycles. The molecule has 1 N–H and O–H groups in total. The highest BCUT2D eigenvalue weighted by Crippen LogP contribution is 2.24. The Hall–Kier alpha value is -0.900. The molecule has 4 heteroatoms. The van der Waals surface area contributed by atoms with E-state index in [0.29, 0.717) is 5.92 Å². The summed E-state index contributed by atoms with van der Waals surface area (Å²) in [6, 6.07) is 0. The van der Waals surface area contributed by atoms with Crippen LogP contribution in [0.1, 0.15) is 44.8 Å². The molecule has 4 nitrogen and oxygen atoms in total. The van der Waals surface area contributed by atoms with Gasteiger partial charge in [0, 0.05) is 12.0 Å². The SMILES string of the molecule is CC(C)(C)c1noc(C2CCNC2)n1. The van der Waals surface area contributed by atoms with Gasteiger partial charge in [0.25, 0.3) is 0 Å².